The second-order valence-corrected chi connectivity index (χ2v) is 4.61. The number of aliphatic hydroxyl groups is 1. The fourth-order valence-electron chi connectivity index (χ4n) is 2.24. The molecule has 2 heteroatoms. The molecular weight excluding hydrogens is 186 g/mol. The molecule has 0 atom stereocenters. The van der Waals surface area contributed by atoms with Gasteiger partial charge in [0, 0.05) is 32.2 Å². The van der Waals surface area contributed by atoms with Gasteiger partial charge < -0.3 is 5.11 Å². The van der Waals surface area contributed by atoms with E-state index in [1.165, 1.54) is 16.7 Å². The van der Waals surface area contributed by atoms with Crippen molar-refractivity contribution in [2.75, 3.05) is 19.7 Å². The normalized spacial score (nSPS) is 17.8. The molecule has 1 N–H and O–H groups in total. The molecule has 15 heavy (non-hydrogen) atoms. The number of hydrogen-bond acceptors (Lipinski definition) is 2. The van der Waals surface area contributed by atoms with Crippen LogP contribution in [0.25, 0.3) is 0 Å². The summed E-state index contributed by atoms with van der Waals surface area (Å²) in [5.41, 5.74) is 4.21. The lowest BCUT2D eigenvalue weighted by molar-refractivity contribution is 0.0476. The summed E-state index contributed by atoms with van der Waals surface area (Å²) < 4.78 is 0. The van der Waals surface area contributed by atoms with Crippen molar-refractivity contribution in [3.63, 3.8) is 0 Å². The van der Waals surface area contributed by atoms with Crippen molar-refractivity contribution in [1.29, 1.82) is 0 Å². The van der Waals surface area contributed by atoms with Crippen LogP contribution in [0.2, 0.25) is 0 Å². The van der Waals surface area contributed by atoms with Gasteiger partial charge in [-0.25, -0.2) is 0 Å². The predicted molar refractivity (Wildman–Crippen MR) is 61.8 cm³/mol. The lowest BCUT2D eigenvalue weighted by atomic mass is 9.97. The monoisotopic (exact) mass is 205 g/mol. The van der Waals surface area contributed by atoms with E-state index in [1.807, 2.05) is 0 Å². The van der Waals surface area contributed by atoms with Gasteiger partial charge in [-0.2, -0.15) is 0 Å². The molecule has 1 heterocycles. The van der Waals surface area contributed by atoms with Gasteiger partial charge in [0.1, 0.15) is 0 Å². The van der Waals surface area contributed by atoms with E-state index in [-0.39, 0.29) is 0 Å². The van der Waals surface area contributed by atoms with E-state index in [4.69, 9.17) is 5.11 Å². The minimum absolute atomic E-state index is 0.337. The van der Waals surface area contributed by atoms with E-state index in [0.29, 0.717) is 12.5 Å². The van der Waals surface area contributed by atoms with Gasteiger partial charge in [0.2, 0.25) is 0 Å². The number of hydrogen-bond donors (Lipinski definition) is 1. The zero-order chi connectivity index (χ0) is 10.8. The van der Waals surface area contributed by atoms with Crippen molar-refractivity contribution in [3.05, 3.63) is 34.9 Å². The van der Waals surface area contributed by atoms with Gasteiger partial charge in [0.25, 0.3) is 0 Å². The summed E-state index contributed by atoms with van der Waals surface area (Å²) in [5.74, 6) is 0.509. The van der Waals surface area contributed by atoms with E-state index in [2.05, 4.69) is 36.9 Å². The smallest absolute Gasteiger partial charge is 0.0483 e. The number of aliphatic hydroxyl groups excluding tert-OH is 1. The molecule has 0 radical (unpaired) electrons. The summed E-state index contributed by atoms with van der Waals surface area (Å²) in [6.07, 6.45) is 0. The van der Waals surface area contributed by atoms with E-state index in [0.717, 1.165) is 19.6 Å². The zero-order valence-electron chi connectivity index (χ0n) is 9.53. The Labute approximate surface area is 91.5 Å². The van der Waals surface area contributed by atoms with Crippen LogP contribution in [0.1, 0.15) is 16.7 Å². The van der Waals surface area contributed by atoms with E-state index >= 15 is 0 Å². The molecule has 82 valence electrons. The third-order valence-electron chi connectivity index (χ3n) is 3.32. The first-order valence-corrected chi connectivity index (χ1v) is 5.59. The second-order valence-electron chi connectivity index (χ2n) is 4.61. The largest absolute Gasteiger partial charge is 0.396 e. The molecule has 1 aromatic carbocycles. The quantitative estimate of drug-likeness (QED) is 0.812. The van der Waals surface area contributed by atoms with Crippen LogP contribution in [0.4, 0.5) is 0 Å². The van der Waals surface area contributed by atoms with E-state index < -0.39 is 0 Å². The Morgan fingerprint density at radius 3 is 2.40 bits per heavy atom. The number of nitrogens with zero attached hydrogens (tertiary/aromatic N) is 1. The Bertz CT molecular complexity index is 322. The van der Waals surface area contributed by atoms with Crippen molar-refractivity contribution in [3.8, 4) is 0 Å². The summed E-state index contributed by atoms with van der Waals surface area (Å²) in [6.45, 7) is 7.81. The van der Waals surface area contributed by atoms with Gasteiger partial charge in [0.15, 0.2) is 0 Å². The molecule has 0 amide bonds. The Morgan fingerprint density at radius 2 is 1.87 bits per heavy atom. The van der Waals surface area contributed by atoms with Crippen LogP contribution in [-0.4, -0.2) is 29.7 Å². The maximum atomic E-state index is 8.95. The minimum Gasteiger partial charge on any atom is -0.396 e. The average Bonchev–Trinajstić information content (AvgIpc) is 2.14. The number of likely N-dealkylation sites (tertiary alicyclic amines) is 1. The predicted octanol–water partition coefficient (Wildman–Crippen LogP) is 1.73. The SMILES string of the molecule is Cc1cccc(C)c1CN1CC(CO)C1. The van der Waals surface area contributed by atoms with Crippen LogP contribution in [0.3, 0.4) is 0 Å². The first-order chi connectivity index (χ1) is 7.20. The van der Waals surface area contributed by atoms with Crippen molar-refractivity contribution in [1.82, 2.24) is 4.90 Å². The van der Waals surface area contributed by atoms with Crippen molar-refractivity contribution in [2.24, 2.45) is 5.92 Å². The number of rotatable bonds is 3. The highest BCUT2D eigenvalue weighted by atomic mass is 16.3. The number of benzene rings is 1. The van der Waals surface area contributed by atoms with Crippen LogP contribution in [-0.2, 0) is 6.54 Å². The highest BCUT2D eigenvalue weighted by molar-refractivity contribution is 5.33. The summed E-state index contributed by atoms with van der Waals surface area (Å²) in [5, 5.41) is 8.95. The Kier molecular flexibility index (Phi) is 3.08. The summed E-state index contributed by atoms with van der Waals surface area (Å²) >= 11 is 0. The molecular formula is C13H19NO. The van der Waals surface area contributed by atoms with Crippen LogP contribution >= 0.6 is 0 Å². The Hall–Kier alpha value is -0.860. The van der Waals surface area contributed by atoms with Crippen LogP contribution in [0.15, 0.2) is 18.2 Å². The fraction of sp³-hybridized carbons (Fsp3) is 0.538. The van der Waals surface area contributed by atoms with Crippen molar-refractivity contribution in [2.45, 2.75) is 20.4 Å². The van der Waals surface area contributed by atoms with E-state index in [9.17, 15) is 0 Å². The van der Waals surface area contributed by atoms with Crippen LogP contribution in [0.5, 0.6) is 0 Å². The molecule has 0 bridgehead atoms. The van der Waals surface area contributed by atoms with Crippen LogP contribution < -0.4 is 0 Å². The molecule has 1 aliphatic rings. The standard InChI is InChI=1S/C13H19NO/c1-10-4-3-5-11(2)13(10)8-14-6-12(7-14)9-15/h3-5,12,15H,6-9H2,1-2H3. The summed E-state index contributed by atoms with van der Waals surface area (Å²) in [6, 6.07) is 6.46. The zero-order valence-corrected chi connectivity index (χ0v) is 9.53. The molecule has 0 saturated carbocycles. The fourth-order valence-corrected chi connectivity index (χ4v) is 2.24. The molecule has 1 saturated heterocycles. The first-order valence-electron chi connectivity index (χ1n) is 5.59. The van der Waals surface area contributed by atoms with Gasteiger partial charge in [-0.05, 0) is 30.5 Å². The van der Waals surface area contributed by atoms with Crippen molar-refractivity contribution >= 4 is 0 Å². The lowest BCUT2D eigenvalue weighted by Crippen LogP contribution is -2.47. The summed E-state index contributed by atoms with van der Waals surface area (Å²) in [7, 11) is 0. The van der Waals surface area contributed by atoms with Gasteiger partial charge >= 0.3 is 0 Å². The molecule has 0 spiro atoms. The number of aryl methyl sites for hydroxylation is 2. The van der Waals surface area contributed by atoms with Crippen molar-refractivity contribution < 1.29 is 5.11 Å². The average molecular weight is 205 g/mol. The second kappa shape index (κ2) is 4.33. The Balaban J connectivity index is 2.00. The molecule has 0 aromatic heterocycles. The van der Waals surface area contributed by atoms with E-state index in [1.54, 1.807) is 0 Å². The molecule has 0 unspecified atom stereocenters. The topological polar surface area (TPSA) is 23.5 Å². The minimum atomic E-state index is 0.337. The molecule has 1 aliphatic heterocycles. The van der Waals surface area contributed by atoms with Crippen LogP contribution in [0, 0.1) is 19.8 Å². The molecule has 2 rings (SSSR count). The summed E-state index contributed by atoms with van der Waals surface area (Å²) in [4.78, 5) is 2.40. The third kappa shape index (κ3) is 2.21. The van der Waals surface area contributed by atoms with Gasteiger partial charge in [0.05, 0.1) is 0 Å². The Morgan fingerprint density at radius 1 is 1.27 bits per heavy atom. The highest BCUT2D eigenvalue weighted by Crippen LogP contribution is 2.21. The molecule has 0 aliphatic carbocycles. The maximum Gasteiger partial charge on any atom is 0.0483 e. The lowest BCUT2D eigenvalue weighted by Gasteiger charge is -2.38. The molecule has 1 fully saturated rings. The van der Waals surface area contributed by atoms with Gasteiger partial charge in [-0.3, -0.25) is 4.90 Å². The molecule has 2 nitrogen and oxygen atoms in total. The maximum absolute atomic E-state index is 8.95. The van der Waals surface area contributed by atoms with Gasteiger partial charge in [-0.15, -0.1) is 0 Å². The van der Waals surface area contributed by atoms with Gasteiger partial charge in [-0.1, -0.05) is 18.2 Å². The highest BCUT2D eigenvalue weighted by Gasteiger charge is 2.26. The molecule has 1 aromatic rings. The third-order valence-corrected chi connectivity index (χ3v) is 3.32. The first kappa shape index (κ1) is 10.7.